The van der Waals surface area contributed by atoms with Crippen molar-refractivity contribution in [2.24, 2.45) is 5.92 Å². The maximum absolute atomic E-state index is 12.0. The van der Waals surface area contributed by atoms with Gasteiger partial charge < -0.3 is 15.2 Å². The van der Waals surface area contributed by atoms with E-state index in [9.17, 15) is 19.7 Å². The first-order valence-corrected chi connectivity index (χ1v) is 6.17. The molecule has 1 aromatic carbocycles. The van der Waals surface area contributed by atoms with Crippen LogP contribution in [0.1, 0.15) is 23.7 Å². The third-order valence-electron chi connectivity index (χ3n) is 2.77. The van der Waals surface area contributed by atoms with Gasteiger partial charge in [0, 0.05) is 25.1 Å². The van der Waals surface area contributed by atoms with Crippen LogP contribution in [0.4, 0.5) is 5.69 Å². The molecule has 1 unspecified atom stereocenters. The van der Waals surface area contributed by atoms with Crippen molar-refractivity contribution in [3.8, 4) is 5.75 Å². The van der Waals surface area contributed by atoms with E-state index in [1.54, 1.807) is 6.92 Å². The first-order valence-electron chi connectivity index (χ1n) is 6.17. The molecule has 0 spiro atoms. The number of nitrogens with one attached hydrogen (secondary N) is 1. The number of ether oxygens (including phenoxy) is 1. The van der Waals surface area contributed by atoms with Crippen LogP contribution in [0.15, 0.2) is 18.2 Å². The van der Waals surface area contributed by atoms with Crippen LogP contribution in [0.5, 0.6) is 5.75 Å². The second kappa shape index (κ2) is 7.22. The zero-order valence-corrected chi connectivity index (χ0v) is 11.7. The van der Waals surface area contributed by atoms with E-state index in [1.807, 2.05) is 0 Å². The maximum atomic E-state index is 12.0. The second-order valence-electron chi connectivity index (χ2n) is 4.55. The minimum Gasteiger partial charge on any atom is -0.496 e. The van der Waals surface area contributed by atoms with Crippen LogP contribution < -0.4 is 10.1 Å². The molecule has 1 amide bonds. The Morgan fingerprint density at radius 1 is 1.48 bits per heavy atom. The van der Waals surface area contributed by atoms with E-state index < -0.39 is 16.8 Å². The predicted molar refractivity (Wildman–Crippen MR) is 73.4 cm³/mol. The lowest BCUT2D eigenvalue weighted by molar-refractivity contribution is -0.384. The first-order chi connectivity index (χ1) is 9.85. The molecule has 0 aromatic heterocycles. The van der Waals surface area contributed by atoms with Gasteiger partial charge in [-0.05, 0) is 12.0 Å². The number of nitro groups is 1. The van der Waals surface area contributed by atoms with E-state index in [0.29, 0.717) is 0 Å². The average molecular weight is 296 g/mol. The molecule has 0 fully saturated rings. The standard InChI is InChI=1S/C13H16N2O6/c1-8(5-12(16)17)7-14-13(18)10-6-9(15(19)20)3-4-11(10)21-2/h3-4,6,8H,5,7H2,1-2H3,(H,14,18)(H,16,17). The number of carboxylic acid groups (broad SMARTS) is 1. The Bertz CT molecular complexity index is 558. The number of benzene rings is 1. The van der Waals surface area contributed by atoms with Gasteiger partial charge in [0.1, 0.15) is 5.75 Å². The van der Waals surface area contributed by atoms with Gasteiger partial charge in [0.2, 0.25) is 0 Å². The van der Waals surface area contributed by atoms with Gasteiger partial charge in [0.25, 0.3) is 11.6 Å². The summed E-state index contributed by atoms with van der Waals surface area (Å²) in [5, 5.41) is 21.9. The van der Waals surface area contributed by atoms with Crippen LogP contribution in [0.2, 0.25) is 0 Å². The molecular weight excluding hydrogens is 280 g/mol. The van der Waals surface area contributed by atoms with Crippen molar-refractivity contribution in [2.75, 3.05) is 13.7 Å². The highest BCUT2D eigenvalue weighted by Gasteiger charge is 2.18. The number of nitro benzene ring substituents is 1. The fraction of sp³-hybridized carbons (Fsp3) is 0.385. The number of carbonyl (C=O) groups is 2. The zero-order chi connectivity index (χ0) is 16.0. The smallest absolute Gasteiger partial charge is 0.303 e. The van der Waals surface area contributed by atoms with Gasteiger partial charge in [-0.25, -0.2) is 0 Å². The van der Waals surface area contributed by atoms with Crippen LogP contribution in [0.3, 0.4) is 0 Å². The minimum absolute atomic E-state index is 0.0363. The lowest BCUT2D eigenvalue weighted by Gasteiger charge is -2.12. The molecule has 0 bridgehead atoms. The average Bonchev–Trinajstić information content (AvgIpc) is 2.43. The van der Waals surface area contributed by atoms with Crippen molar-refractivity contribution in [3.05, 3.63) is 33.9 Å². The Balaban J connectivity index is 2.83. The summed E-state index contributed by atoms with van der Waals surface area (Å²) in [6.07, 6.45) is -0.0770. The summed E-state index contributed by atoms with van der Waals surface area (Å²) in [6, 6.07) is 3.70. The molecule has 1 rings (SSSR count). The van der Waals surface area contributed by atoms with Crippen LogP contribution in [0, 0.1) is 16.0 Å². The molecular formula is C13H16N2O6. The second-order valence-corrected chi connectivity index (χ2v) is 4.55. The van der Waals surface area contributed by atoms with Gasteiger partial charge >= 0.3 is 5.97 Å². The number of nitrogens with zero attached hydrogens (tertiary/aromatic N) is 1. The monoisotopic (exact) mass is 296 g/mol. The summed E-state index contributed by atoms with van der Waals surface area (Å²) in [5.41, 5.74) is -0.186. The van der Waals surface area contributed by atoms with Crippen LogP contribution in [-0.4, -0.2) is 35.6 Å². The van der Waals surface area contributed by atoms with Gasteiger partial charge in [-0.3, -0.25) is 19.7 Å². The first kappa shape index (κ1) is 16.4. The quantitative estimate of drug-likeness (QED) is 0.580. The fourth-order valence-corrected chi connectivity index (χ4v) is 1.72. The highest BCUT2D eigenvalue weighted by Crippen LogP contribution is 2.23. The number of carboxylic acids is 1. The molecule has 0 aliphatic heterocycles. The van der Waals surface area contributed by atoms with Crippen molar-refractivity contribution < 1.29 is 24.4 Å². The summed E-state index contributed by atoms with van der Waals surface area (Å²) < 4.78 is 5.00. The van der Waals surface area contributed by atoms with Gasteiger partial charge in [-0.15, -0.1) is 0 Å². The lowest BCUT2D eigenvalue weighted by Crippen LogP contribution is -2.29. The zero-order valence-electron chi connectivity index (χ0n) is 11.7. The van der Waals surface area contributed by atoms with Crippen molar-refractivity contribution >= 4 is 17.6 Å². The number of aliphatic carboxylic acids is 1. The Morgan fingerprint density at radius 2 is 2.14 bits per heavy atom. The number of rotatable bonds is 7. The number of non-ortho nitro benzene ring substituents is 1. The van der Waals surface area contributed by atoms with Crippen molar-refractivity contribution in [1.82, 2.24) is 5.32 Å². The van der Waals surface area contributed by atoms with E-state index in [-0.39, 0.29) is 35.9 Å². The van der Waals surface area contributed by atoms with E-state index in [2.05, 4.69) is 5.32 Å². The Labute approximate surface area is 120 Å². The lowest BCUT2D eigenvalue weighted by atomic mass is 10.1. The van der Waals surface area contributed by atoms with Crippen molar-refractivity contribution in [1.29, 1.82) is 0 Å². The molecule has 0 heterocycles. The highest BCUT2D eigenvalue weighted by atomic mass is 16.6. The molecule has 0 saturated heterocycles. The molecule has 0 saturated carbocycles. The summed E-state index contributed by atoms with van der Waals surface area (Å²) in [6.45, 7) is 1.83. The number of methoxy groups -OCH3 is 1. The van der Waals surface area contributed by atoms with Crippen LogP contribution >= 0.6 is 0 Å². The fourth-order valence-electron chi connectivity index (χ4n) is 1.72. The van der Waals surface area contributed by atoms with E-state index in [1.165, 1.54) is 19.2 Å². The third-order valence-corrected chi connectivity index (χ3v) is 2.77. The number of hydrogen-bond acceptors (Lipinski definition) is 5. The van der Waals surface area contributed by atoms with Gasteiger partial charge in [0.05, 0.1) is 17.6 Å². The molecule has 0 aliphatic carbocycles. The predicted octanol–water partition coefficient (Wildman–Crippen LogP) is 1.44. The third kappa shape index (κ3) is 4.75. The topological polar surface area (TPSA) is 119 Å². The van der Waals surface area contributed by atoms with Gasteiger partial charge in [-0.1, -0.05) is 6.92 Å². The normalized spacial score (nSPS) is 11.5. The molecule has 21 heavy (non-hydrogen) atoms. The number of hydrogen-bond donors (Lipinski definition) is 2. The van der Waals surface area contributed by atoms with Crippen molar-refractivity contribution in [3.63, 3.8) is 0 Å². The molecule has 114 valence electrons. The Kier molecular flexibility index (Phi) is 5.65. The van der Waals surface area contributed by atoms with E-state index >= 15 is 0 Å². The van der Waals surface area contributed by atoms with Crippen LogP contribution in [0.25, 0.3) is 0 Å². The van der Waals surface area contributed by atoms with Crippen molar-refractivity contribution in [2.45, 2.75) is 13.3 Å². The number of carbonyl (C=O) groups excluding carboxylic acids is 1. The molecule has 1 aromatic rings. The largest absolute Gasteiger partial charge is 0.496 e. The molecule has 2 N–H and O–H groups in total. The molecule has 8 heteroatoms. The SMILES string of the molecule is COc1ccc([N+](=O)[O-])cc1C(=O)NCC(C)CC(=O)O. The summed E-state index contributed by atoms with van der Waals surface area (Å²) >= 11 is 0. The summed E-state index contributed by atoms with van der Waals surface area (Å²) in [4.78, 5) is 32.7. The van der Waals surface area contributed by atoms with E-state index in [0.717, 1.165) is 6.07 Å². The summed E-state index contributed by atoms with van der Waals surface area (Å²) in [7, 11) is 1.35. The van der Waals surface area contributed by atoms with Gasteiger partial charge in [0.15, 0.2) is 0 Å². The van der Waals surface area contributed by atoms with Gasteiger partial charge in [-0.2, -0.15) is 0 Å². The summed E-state index contributed by atoms with van der Waals surface area (Å²) in [5.74, 6) is -1.54. The minimum atomic E-state index is -0.954. The maximum Gasteiger partial charge on any atom is 0.303 e. The Morgan fingerprint density at radius 3 is 2.67 bits per heavy atom. The van der Waals surface area contributed by atoms with E-state index in [4.69, 9.17) is 9.84 Å². The molecule has 0 aliphatic rings. The van der Waals surface area contributed by atoms with Crippen LogP contribution in [-0.2, 0) is 4.79 Å². The number of amides is 1. The molecule has 0 radical (unpaired) electrons. The Hall–Kier alpha value is -2.64. The molecule has 1 atom stereocenters. The highest BCUT2D eigenvalue weighted by molar-refractivity contribution is 5.97. The molecule has 8 nitrogen and oxygen atoms in total.